The molecule has 0 saturated carbocycles. The number of benzene rings is 4. The average Bonchev–Trinajstić information content (AvgIpc) is 3.23. The number of nitrogens with zero attached hydrogens (tertiary/aromatic N) is 2. The van der Waals surface area contributed by atoms with Crippen LogP contribution in [0.3, 0.4) is 0 Å². The van der Waals surface area contributed by atoms with Gasteiger partial charge in [-0.2, -0.15) is 0 Å². The maximum absolute atomic E-state index is 13.5. The van der Waals surface area contributed by atoms with E-state index in [1.807, 2.05) is 54.6 Å². The summed E-state index contributed by atoms with van der Waals surface area (Å²) in [5.41, 5.74) is 4.36. The molecule has 5 aromatic rings. The maximum Gasteiger partial charge on any atom is 0.126 e. The number of aromatic nitrogens is 1. The molecule has 0 saturated heterocycles. The Morgan fingerprint density at radius 2 is 1.62 bits per heavy atom. The molecule has 0 spiro atoms. The normalized spacial score (nSPS) is 11.4. The van der Waals surface area contributed by atoms with Crippen molar-refractivity contribution in [1.29, 1.82) is 0 Å². The minimum absolute atomic E-state index is 0.0457. The summed E-state index contributed by atoms with van der Waals surface area (Å²) in [5, 5.41) is 21.0. The highest BCUT2D eigenvalue weighted by Crippen LogP contribution is 2.40. The number of thiazole rings is 1. The lowest BCUT2D eigenvalue weighted by molar-refractivity contribution is 0.472. The van der Waals surface area contributed by atoms with Gasteiger partial charge in [-0.05, 0) is 48.0 Å². The van der Waals surface area contributed by atoms with E-state index in [2.05, 4.69) is 4.99 Å². The Bertz CT molecular complexity index is 1460. The molecule has 0 aliphatic rings. The zero-order valence-corrected chi connectivity index (χ0v) is 17.6. The van der Waals surface area contributed by atoms with Crippen molar-refractivity contribution in [2.24, 2.45) is 4.99 Å². The Morgan fingerprint density at radius 3 is 2.47 bits per heavy atom. The van der Waals surface area contributed by atoms with Crippen molar-refractivity contribution in [2.75, 3.05) is 0 Å². The Hall–Kier alpha value is -4.03. The van der Waals surface area contributed by atoms with E-state index in [0.717, 1.165) is 31.9 Å². The summed E-state index contributed by atoms with van der Waals surface area (Å²) in [7, 11) is 0. The fourth-order valence-corrected chi connectivity index (χ4v) is 4.56. The van der Waals surface area contributed by atoms with E-state index >= 15 is 0 Å². The number of fused-ring (bicyclic) bond motifs is 1. The monoisotopic (exact) mass is 440 g/mol. The van der Waals surface area contributed by atoms with Crippen LogP contribution in [0, 0.1) is 5.82 Å². The van der Waals surface area contributed by atoms with Gasteiger partial charge >= 0.3 is 0 Å². The minimum Gasteiger partial charge on any atom is -0.508 e. The van der Waals surface area contributed by atoms with Crippen molar-refractivity contribution in [2.45, 2.75) is 0 Å². The van der Waals surface area contributed by atoms with E-state index in [4.69, 9.17) is 4.98 Å². The molecule has 0 amide bonds. The first-order chi connectivity index (χ1) is 15.6. The van der Waals surface area contributed by atoms with Gasteiger partial charge in [0.05, 0.1) is 15.9 Å². The van der Waals surface area contributed by atoms with Crippen LogP contribution in [0.4, 0.5) is 10.1 Å². The molecule has 0 radical (unpaired) electrons. The summed E-state index contributed by atoms with van der Waals surface area (Å²) >= 11 is 1.46. The van der Waals surface area contributed by atoms with Crippen molar-refractivity contribution in [3.8, 4) is 33.2 Å². The Morgan fingerprint density at radius 1 is 0.844 bits per heavy atom. The van der Waals surface area contributed by atoms with Gasteiger partial charge in [-0.3, -0.25) is 4.99 Å². The largest absolute Gasteiger partial charge is 0.508 e. The number of para-hydroxylation sites is 1. The van der Waals surface area contributed by atoms with Crippen LogP contribution in [0.2, 0.25) is 0 Å². The molecule has 0 aliphatic carbocycles. The van der Waals surface area contributed by atoms with Gasteiger partial charge in [0, 0.05) is 22.9 Å². The summed E-state index contributed by atoms with van der Waals surface area (Å²) in [6, 6.07) is 24.5. The summed E-state index contributed by atoms with van der Waals surface area (Å²) < 4.78 is 14.4. The van der Waals surface area contributed by atoms with E-state index in [9.17, 15) is 14.6 Å². The summed E-state index contributed by atoms with van der Waals surface area (Å²) in [4.78, 5) is 9.36. The molecule has 1 heterocycles. The second kappa shape index (κ2) is 8.24. The number of hydrogen-bond donors (Lipinski definition) is 2. The predicted octanol–water partition coefficient (Wildman–Crippen LogP) is 6.93. The third-order valence-corrected chi connectivity index (χ3v) is 6.07. The molecular weight excluding hydrogens is 423 g/mol. The lowest BCUT2D eigenvalue weighted by atomic mass is 10.0. The lowest BCUT2D eigenvalue weighted by Crippen LogP contribution is -1.85. The molecule has 0 aliphatic heterocycles. The fraction of sp³-hybridized carbons (Fsp3) is 0. The van der Waals surface area contributed by atoms with Gasteiger partial charge in [0.15, 0.2) is 0 Å². The maximum atomic E-state index is 13.5. The molecular formula is C26H17FN2O2S. The van der Waals surface area contributed by atoms with E-state index in [1.165, 1.54) is 35.8 Å². The zero-order valence-electron chi connectivity index (χ0n) is 16.7. The summed E-state index contributed by atoms with van der Waals surface area (Å²) in [6.45, 7) is 0. The minimum atomic E-state index is -0.447. The molecule has 4 nitrogen and oxygen atoms in total. The van der Waals surface area contributed by atoms with Crippen LogP contribution in [-0.4, -0.2) is 21.4 Å². The second-order valence-corrected chi connectivity index (χ2v) is 8.23. The molecule has 4 aromatic carbocycles. The second-order valence-electron chi connectivity index (χ2n) is 7.20. The number of phenols is 2. The number of halogens is 1. The van der Waals surface area contributed by atoms with Crippen LogP contribution >= 0.6 is 11.3 Å². The van der Waals surface area contributed by atoms with Crippen molar-refractivity contribution in [1.82, 2.24) is 4.98 Å². The number of phenolic OH excluding ortho intramolecular Hbond substituents is 2. The van der Waals surface area contributed by atoms with Gasteiger partial charge in [-0.1, -0.05) is 42.5 Å². The van der Waals surface area contributed by atoms with Crippen LogP contribution in [-0.2, 0) is 0 Å². The summed E-state index contributed by atoms with van der Waals surface area (Å²) in [5.74, 6) is -0.313. The molecule has 0 unspecified atom stereocenters. The van der Waals surface area contributed by atoms with Crippen LogP contribution < -0.4 is 0 Å². The van der Waals surface area contributed by atoms with Crippen molar-refractivity contribution < 1.29 is 14.6 Å². The quantitative estimate of drug-likeness (QED) is 0.298. The SMILES string of the molecule is Oc1cc(-c2ccccc2)c2nc(-c3ccccc3N=Cc3cc(F)ccc3O)sc2c1. The van der Waals surface area contributed by atoms with Crippen molar-refractivity contribution >= 4 is 33.5 Å². The Kier molecular flexibility index (Phi) is 5.13. The smallest absolute Gasteiger partial charge is 0.126 e. The van der Waals surface area contributed by atoms with Gasteiger partial charge < -0.3 is 10.2 Å². The molecule has 0 atom stereocenters. The molecule has 2 N–H and O–H groups in total. The van der Waals surface area contributed by atoms with E-state index in [0.29, 0.717) is 11.3 Å². The first kappa shape index (κ1) is 19.9. The third-order valence-electron chi connectivity index (χ3n) is 5.03. The fourth-order valence-electron chi connectivity index (χ4n) is 3.50. The van der Waals surface area contributed by atoms with E-state index < -0.39 is 5.82 Å². The van der Waals surface area contributed by atoms with Crippen LogP contribution in [0.25, 0.3) is 31.9 Å². The molecule has 6 heteroatoms. The Balaban J connectivity index is 1.61. The van der Waals surface area contributed by atoms with Crippen molar-refractivity contribution in [3.05, 3.63) is 96.3 Å². The highest BCUT2D eigenvalue weighted by Gasteiger charge is 2.15. The first-order valence-electron chi connectivity index (χ1n) is 9.89. The molecule has 0 fully saturated rings. The third kappa shape index (κ3) is 3.84. The topological polar surface area (TPSA) is 65.7 Å². The van der Waals surface area contributed by atoms with Crippen LogP contribution in [0.15, 0.2) is 89.9 Å². The van der Waals surface area contributed by atoms with Crippen LogP contribution in [0.5, 0.6) is 11.5 Å². The molecule has 1 aromatic heterocycles. The highest BCUT2D eigenvalue weighted by molar-refractivity contribution is 7.21. The molecule has 32 heavy (non-hydrogen) atoms. The van der Waals surface area contributed by atoms with Gasteiger partial charge in [0.2, 0.25) is 0 Å². The van der Waals surface area contributed by atoms with Crippen molar-refractivity contribution in [3.63, 3.8) is 0 Å². The Labute approximate surface area is 187 Å². The summed E-state index contributed by atoms with van der Waals surface area (Å²) in [6.07, 6.45) is 1.44. The lowest BCUT2D eigenvalue weighted by Gasteiger charge is -2.04. The van der Waals surface area contributed by atoms with Gasteiger partial charge in [-0.25, -0.2) is 9.37 Å². The average molecular weight is 440 g/mol. The zero-order chi connectivity index (χ0) is 22.1. The molecule has 0 bridgehead atoms. The standard InChI is InChI=1S/C26H17FN2O2S/c27-18-10-11-23(31)17(12-18)15-28-22-9-5-4-8-20(22)26-29-25-21(16-6-2-1-3-7-16)13-19(30)14-24(25)32-26/h1-15,30-31H. The number of aromatic hydroxyl groups is 2. The molecule has 5 rings (SSSR count). The van der Waals surface area contributed by atoms with E-state index in [-0.39, 0.29) is 11.5 Å². The highest BCUT2D eigenvalue weighted by atomic mass is 32.1. The molecule has 156 valence electrons. The van der Waals surface area contributed by atoms with Gasteiger partial charge in [0.1, 0.15) is 22.3 Å². The number of hydrogen-bond acceptors (Lipinski definition) is 5. The predicted molar refractivity (Wildman–Crippen MR) is 127 cm³/mol. The number of aliphatic imine (C=N–C) groups is 1. The van der Waals surface area contributed by atoms with Gasteiger partial charge in [-0.15, -0.1) is 11.3 Å². The van der Waals surface area contributed by atoms with Gasteiger partial charge in [0.25, 0.3) is 0 Å². The number of rotatable bonds is 4. The van der Waals surface area contributed by atoms with Crippen LogP contribution in [0.1, 0.15) is 5.56 Å². The first-order valence-corrected chi connectivity index (χ1v) is 10.7. The van der Waals surface area contributed by atoms with E-state index in [1.54, 1.807) is 12.1 Å².